The van der Waals surface area contributed by atoms with E-state index in [0.717, 1.165) is 22.2 Å². The molecule has 0 radical (unpaired) electrons. The van der Waals surface area contributed by atoms with Gasteiger partial charge in [-0.2, -0.15) is 0 Å². The third-order valence-corrected chi connectivity index (χ3v) is 4.67. The fourth-order valence-electron chi connectivity index (χ4n) is 3.15. The summed E-state index contributed by atoms with van der Waals surface area (Å²) >= 11 is 0. The van der Waals surface area contributed by atoms with Gasteiger partial charge < -0.3 is 19.2 Å². The molecule has 0 unspecified atom stereocenters. The molecule has 0 atom stereocenters. The lowest BCUT2D eigenvalue weighted by atomic mass is 9.98. The first-order valence-electron chi connectivity index (χ1n) is 9.69. The molecule has 0 saturated carbocycles. The molecule has 30 heavy (non-hydrogen) atoms. The number of furan rings is 1. The highest BCUT2D eigenvalue weighted by Crippen LogP contribution is 2.29. The van der Waals surface area contributed by atoms with Gasteiger partial charge in [-0.15, -0.1) is 0 Å². The fraction of sp³-hybridized carbons (Fsp3) is 0.250. The van der Waals surface area contributed by atoms with Crippen molar-refractivity contribution in [2.24, 2.45) is 0 Å². The van der Waals surface area contributed by atoms with Crippen LogP contribution in [0.1, 0.15) is 36.7 Å². The van der Waals surface area contributed by atoms with Crippen molar-refractivity contribution in [3.05, 3.63) is 65.4 Å². The van der Waals surface area contributed by atoms with Gasteiger partial charge in [0.2, 0.25) is 0 Å². The van der Waals surface area contributed by atoms with E-state index in [1.54, 1.807) is 19.2 Å². The number of anilines is 1. The maximum Gasteiger partial charge on any atom is 0.331 e. The Balaban J connectivity index is 1.59. The number of carbonyl (C=O) groups excluding carboxylic acids is 2. The first-order chi connectivity index (χ1) is 14.4. The molecule has 3 aromatic rings. The Morgan fingerprint density at radius 2 is 1.93 bits per heavy atom. The molecule has 0 fully saturated rings. The molecule has 1 aromatic heterocycles. The van der Waals surface area contributed by atoms with Crippen molar-refractivity contribution in [2.75, 3.05) is 19.0 Å². The third-order valence-electron chi connectivity index (χ3n) is 4.67. The van der Waals surface area contributed by atoms with E-state index in [9.17, 15) is 9.59 Å². The summed E-state index contributed by atoms with van der Waals surface area (Å²) in [7, 11) is 1.57. The van der Waals surface area contributed by atoms with E-state index in [1.165, 1.54) is 12.2 Å². The highest BCUT2D eigenvalue weighted by atomic mass is 16.5. The molecule has 0 saturated heterocycles. The monoisotopic (exact) mass is 407 g/mol. The summed E-state index contributed by atoms with van der Waals surface area (Å²) in [5.41, 5.74) is 3.36. The van der Waals surface area contributed by atoms with Crippen LogP contribution in [0.4, 0.5) is 5.69 Å². The maximum atomic E-state index is 12.3. The van der Waals surface area contributed by atoms with Crippen LogP contribution in [0, 0.1) is 6.92 Å². The van der Waals surface area contributed by atoms with Gasteiger partial charge in [0.05, 0.1) is 7.11 Å². The molecule has 6 nitrogen and oxygen atoms in total. The summed E-state index contributed by atoms with van der Waals surface area (Å²) in [5, 5.41) is 3.71. The Morgan fingerprint density at radius 1 is 1.17 bits per heavy atom. The van der Waals surface area contributed by atoms with Crippen molar-refractivity contribution in [1.29, 1.82) is 0 Å². The van der Waals surface area contributed by atoms with Gasteiger partial charge in [-0.3, -0.25) is 4.79 Å². The topological polar surface area (TPSA) is 77.8 Å². The minimum atomic E-state index is -0.633. The van der Waals surface area contributed by atoms with Gasteiger partial charge in [-0.25, -0.2) is 4.79 Å². The predicted molar refractivity (Wildman–Crippen MR) is 117 cm³/mol. The number of aryl methyl sites for hydroxylation is 1. The second-order valence-corrected chi connectivity index (χ2v) is 7.21. The number of carbonyl (C=O) groups is 2. The average Bonchev–Trinajstić information content (AvgIpc) is 3.15. The molecule has 0 spiro atoms. The minimum Gasteiger partial charge on any atom is -0.493 e. The average molecular weight is 407 g/mol. The van der Waals surface area contributed by atoms with Crippen molar-refractivity contribution in [1.82, 2.24) is 0 Å². The second-order valence-electron chi connectivity index (χ2n) is 7.21. The zero-order valence-corrected chi connectivity index (χ0v) is 17.5. The highest BCUT2D eigenvalue weighted by Gasteiger charge is 2.13. The van der Waals surface area contributed by atoms with Gasteiger partial charge in [-0.05, 0) is 42.2 Å². The number of para-hydroxylation sites is 2. The number of nitrogens with one attached hydrogen (secondary N) is 1. The van der Waals surface area contributed by atoms with Crippen LogP contribution in [-0.4, -0.2) is 25.6 Å². The van der Waals surface area contributed by atoms with Crippen molar-refractivity contribution in [3.63, 3.8) is 0 Å². The fourth-order valence-corrected chi connectivity index (χ4v) is 3.15. The Bertz CT molecular complexity index is 1090. The molecule has 2 aromatic carbocycles. The first-order valence-corrected chi connectivity index (χ1v) is 9.69. The first kappa shape index (κ1) is 21.2. The lowest BCUT2D eigenvalue weighted by molar-refractivity contribution is -0.142. The molecular formula is C24H25NO5. The van der Waals surface area contributed by atoms with Gasteiger partial charge >= 0.3 is 5.97 Å². The van der Waals surface area contributed by atoms with Gasteiger partial charge in [-0.1, -0.05) is 44.2 Å². The quantitative estimate of drug-likeness (QED) is 0.437. The summed E-state index contributed by atoms with van der Waals surface area (Å²) in [6, 6.07) is 13.2. The largest absolute Gasteiger partial charge is 0.493 e. The Labute approximate surface area is 175 Å². The lowest BCUT2D eigenvalue weighted by Crippen LogP contribution is -2.21. The maximum absolute atomic E-state index is 12.3. The number of benzene rings is 2. The van der Waals surface area contributed by atoms with E-state index in [2.05, 4.69) is 19.2 Å². The normalized spacial score (nSPS) is 11.2. The van der Waals surface area contributed by atoms with Crippen molar-refractivity contribution in [3.8, 4) is 5.75 Å². The lowest BCUT2D eigenvalue weighted by Gasteiger charge is -2.16. The molecule has 0 aliphatic heterocycles. The van der Waals surface area contributed by atoms with E-state index >= 15 is 0 Å². The van der Waals surface area contributed by atoms with E-state index in [0.29, 0.717) is 17.1 Å². The predicted octanol–water partition coefficient (Wildman–Crippen LogP) is 5.07. The standard InChI is InChI=1S/C24H25NO5/c1-15(2)19-9-5-7-16(3)23(19)25-21(26)14-29-22(27)12-11-18-13-17-8-6-10-20(28-4)24(17)30-18/h5-13,15H,14H2,1-4H3,(H,25,26)/b12-11+. The van der Waals surface area contributed by atoms with Crippen LogP contribution in [0.5, 0.6) is 5.75 Å². The summed E-state index contributed by atoms with van der Waals surface area (Å²) in [6.45, 7) is 5.67. The molecule has 0 bridgehead atoms. The molecular weight excluding hydrogens is 382 g/mol. The highest BCUT2D eigenvalue weighted by molar-refractivity contribution is 5.96. The Kier molecular flexibility index (Phi) is 6.57. The number of hydrogen-bond donors (Lipinski definition) is 1. The smallest absolute Gasteiger partial charge is 0.331 e. The van der Waals surface area contributed by atoms with Crippen LogP contribution in [0.2, 0.25) is 0 Å². The zero-order chi connectivity index (χ0) is 21.7. The third kappa shape index (κ3) is 4.89. The minimum absolute atomic E-state index is 0.258. The van der Waals surface area contributed by atoms with Crippen LogP contribution in [0.25, 0.3) is 17.0 Å². The number of esters is 1. The van der Waals surface area contributed by atoms with Crippen molar-refractivity contribution >= 4 is 34.6 Å². The Morgan fingerprint density at radius 3 is 2.67 bits per heavy atom. The summed E-state index contributed by atoms with van der Waals surface area (Å²) in [6.07, 6.45) is 2.72. The number of rotatable bonds is 7. The van der Waals surface area contributed by atoms with Crippen LogP contribution < -0.4 is 10.1 Å². The van der Waals surface area contributed by atoms with Crippen molar-refractivity contribution < 1.29 is 23.5 Å². The molecule has 1 amide bonds. The van der Waals surface area contributed by atoms with Gasteiger partial charge in [0, 0.05) is 17.1 Å². The molecule has 3 rings (SSSR count). The molecule has 6 heteroatoms. The van der Waals surface area contributed by atoms with E-state index in [4.69, 9.17) is 13.9 Å². The van der Waals surface area contributed by atoms with Gasteiger partial charge in [0.25, 0.3) is 5.91 Å². The number of hydrogen-bond acceptors (Lipinski definition) is 5. The number of amides is 1. The molecule has 156 valence electrons. The van der Waals surface area contributed by atoms with Crippen molar-refractivity contribution in [2.45, 2.75) is 26.7 Å². The van der Waals surface area contributed by atoms with E-state index in [1.807, 2.05) is 37.3 Å². The van der Waals surface area contributed by atoms with Gasteiger partial charge in [0.1, 0.15) is 5.76 Å². The molecule has 0 aliphatic rings. The summed E-state index contributed by atoms with van der Waals surface area (Å²) < 4.78 is 16.0. The number of fused-ring (bicyclic) bond motifs is 1. The molecule has 0 aliphatic carbocycles. The van der Waals surface area contributed by atoms with Gasteiger partial charge in [0.15, 0.2) is 17.9 Å². The van der Waals surface area contributed by atoms with E-state index < -0.39 is 5.97 Å². The van der Waals surface area contributed by atoms with E-state index in [-0.39, 0.29) is 18.4 Å². The number of ether oxygens (including phenoxy) is 2. The summed E-state index contributed by atoms with van der Waals surface area (Å²) in [4.78, 5) is 24.3. The summed E-state index contributed by atoms with van der Waals surface area (Å²) in [5.74, 6) is 0.335. The SMILES string of the molecule is COc1cccc2cc(/C=C/C(=O)OCC(=O)Nc3c(C)cccc3C(C)C)oc12. The van der Waals surface area contributed by atoms with Crippen LogP contribution in [0.3, 0.4) is 0 Å². The van der Waals surface area contributed by atoms with Crippen LogP contribution in [0.15, 0.2) is 53.0 Å². The van der Waals surface area contributed by atoms with Crippen LogP contribution >= 0.6 is 0 Å². The number of methoxy groups -OCH3 is 1. The zero-order valence-electron chi connectivity index (χ0n) is 17.5. The Hall–Kier alpha value is -3.54. The second kappa shape index (κ2) is 9.31. The molecule has 1 N–H and O–H groups in total. The molecule has 1 heterocycles. The van der Waals surface area contributed by atoms with Crippen LogP contribution in [-0.2, 0) is 14.3 Å².